The minimum atomic E-state index is -0.744. The molecule has 6 nitrogen and oxygen atoms in total. The Hall–Kier alpha value is -2.08. The summed E-state index contributed by atoms with van der Waals surface area (Å²) in [7, 11) is 1.54. The topological polar surface area (TPSA) is 92.9 Å². The maximum atomic E-state index is 12.8. The highest BCUT2D eigenvalue weighted by molar-refractivity contribution is 6.01. The van der Waals surface area contributed by atoms with Gasteiger partial charge in [-0.05, 0) is 50.6 Å². The summed E-state index contributed by atoms with van der Waals surface area (Å²) in [4.78, 5) is 25.9. The lowest BCUT2D eigenvalue weighted by Gasteiger charge is -2.35. The molecule has 1 aliphatic rings. The van der Waals surface area contributed by atoms with Crippen LogP contribution in [-0.4, -0.2) is 48.0 Å². The minimum Gasteiger partial charge on any atom is -0.495 e. The van der Waals surface area contributed by atoms with Crippen LogP contribution in [0.2, 0.25) is 0 Å². The van der Waals surface area contributed by atoms with Gasteiger partial charge >= 0.3 is 5.97 Å². The van der Waals surface area contributed by atoms with Gasteiger partial charge in [0.15, 0.2) is 5.78 Å². The summed E-state index contributed by atoms with van der Waals surface area (Å²) in [5.41, 5.74) is 6.89. The van der Waals surface area contributed by atoms with Crippen molar-refractivity contribution in [3.63, 3.8) is 0 Å². The first-order valence-corrected chi connectivity index (χ1v) is 7.92. The van der Waals surface area contributed by atoms with Crippen molar-refractivity contribution in [1.82, 2.24) is 4.90 Å². The van der Waals surface area contributed by atoms with E-state index in [0.29, 0.717) is 49.4 Å². The number of rotatable bonds is 6. The summed E-state index contributed by atoms with van der Waals surface area (Å²) >= 11 is 0. The molecule has 1 aromatic carbocycles. The number of methoxy groups -OCH3 is 1. The number of anilines is 1. The van der Waals surface area contributed by atoms with Gasteiger partial charge in [-0.3, -0.25) is 14.5 Å². The van der Waals surface area contributed by atoms with E-state index >= 15 is 0 Å². The highest BCUT2D eigenvalue weighted by Crippen LogP contribution is 2.26. The third kappa shape index (κ3) is 3.82. The van der Waals surface area contributed by atoms with Gasteiger partial charge in [-0.15, -0.1) is 0 Å². The van der Waals surface area contributed by atoms with Crippen molar-refractivity contribution < 1.29 is 19.4 Å². The first-order chi connectivity index (χ1) is 11.0. The predicted molar refractivity (Wildman–Crippen MR) is 87.7 cm³/mol. The fourth-order valence-corrected chi connectivity index (χ4v) is 3.15. The third-order valence-electron chi connectivity index (χ3n) is 4.52. The van der Waals surface area contributed by atoms with Crippen LogP contribution in [0.15, 0.2) is 18.2 Å². The number of carboxylic acid groups (broad SMARTS) is 1. The summed E-state index contributed by atoms with van der Waals surface area (Å²) in [6.07, 6.45) is 1.86. The number of nitrogens with two attached hydrogens (primary N) is 1. The molecule has 1 unspecified atom stereocenters. The van der Waals surface area contributed by atoms with E-state index in [4.69, 9.17) is 15.6 Å². The molecule has 1 heterocycles. The second-order valence-corrected chi connectivity index (χ2v) is 5.89. The molecule has 1 aromatic rings. The van der Waals surface area contributed by atoms with Crippen LogP contribution in [0.4, 0.5) is 5.69 Å². The molecule has 1 aliphatic heterocycles. The maximum absolute atomic E-state index is 12.8. The zero-order valence-corrected chi connectivity index (χ0v) is 13.6. The number of nitrogens with zero attached hydrogens (tertiary/aromatic N) is 1. The molecule has 1 fully saturated rings. The highest BCUT2D eigenvalue weighted by Gasteiger charge is 2.31. The third-order valence-corrected chi connectivity index (χ3v) is 4.52. The first kappa shape index (κ1) is 17.3. The van der Waals surface area contributed by atoms with Crippen molar-refractivity contribution in [2.24, 2.45) is 5.92 Å². The molecule has 126 valence electrons. The van der Waals surface area contributed by atoms with Gasteiger partial charge in [-0.1, -0.05) is 6.92 Å². The number of likely N-dealkylation sites (tertiary alicyclic amines) is 1. The molecule has 0 saturated carbocycles. The number of ketones is 1. The van der Waals surface area contributed by atoms with Crippen LogP contribution in [0.1, 0.15) is 36.5 Å². The molecule has 0 bridgehead atoms. The van der Waals surface area contributed by atoms with E-state index in [1.54, 1.807) is 18.2 Å². The van der Waals surface area contributed by atoms with Crippen LogP contribution < -0.4 is 10.5 Å². The number of carboxylic acids is 1. The number of aliphatic carboxylic acids is 1. The average Bonchev–Trinajstić information content (AvgIpc) is 2.55. The van der Waals surface area contributed by atoms with E-state index in [0.717, 1.165) is 0 Å². The zero-order valence-electron chi connectivity index (χ0n) is 13.6. The van der Waals surface area contributed by atoms with Gasteiger partial charge in [0.1, 0.15) is 5.75 Å². The number of hydrogen-bond donors (Lipinski definition) is 2. The first-order valence-electron chi connectivity index (χ1n) is 7.92. The summed E-state index contributed by atoms with van der Waals surface area (Å²) in [6.45, 7) is 3.23. The van der Waals surface area contributed by atoms with Crippen LogP contribution in [0.25, 0.3) is 0 Å². The molecule has 23 heavy (non-hydrogen) atoms. The van der Waals surface area contributed by atoms with Gasteiger partial charge in [0, 0.05) is 5.56 Å². The van der Waals surface area contributed by atoms with Crippen molar-refractivity contribution in [2.45, 2.75) is 32.2 Å². The van der Waals surface area contributed by atoms with E-state index in [9.17, 15) is 9.59 Å². The van der Waals surface area contributed by atoms with Crippen molar-refractivity contribution in [1.29, 1.82) is 0 Å². The van der Waals surface area contributed by atoms with E-state index in [1.165, 1.54) is 7.11 Å². The predicted octanol–water partition coefficient (Wildman–Crippen LogP) is 2.04. The Morgan fingerprint density at radius 1 is 1.39 bits per heavy atom. The van der Waals surface area contributed by atoms with Crippen molar-refractivity contribution in [2.75, 3.05) is 25.9 Å². The van der Waals surface area contributed by atoms with E-state index in [2.05, 4.69) is 4.90 Å². The number of nitrogen functional groups attached to an aromatic ring is 1. The number of hydrogen-bond acceptors (Lipinski definition) is 5. The molecule has 0 aliphatic carbocycles. The normalized spacial score (nSPS) is 17.7. The fraction of sp³-hybridized carbons (Fsp3) is 0.529. The number of benzene rings is 1. The lowest BCUT2D eigenvalue weighted by atomic mass is 9.93. The Kier molecular flexibility index (Phi) is 5.60. The van der Waals surface area contributed by atoms with Crippen LogP contribution >= 0.6 is 0 Å². The van der Waals surface area contributed by atoms with Gasteiger partial charge in [0.05, 0.1) is 24.8 Å². The van der Waals surface area contributed by atoms with Crippen LogP contribution in [0.3, 0.4) is 0 Å². The molecule has 1 saturated heterocycles. The zero-order chi connectivity index (χ0) is 17.0. The average molecular weight is 320 g/mol. The van der Waals surface area contributed by atoms with Gasteiger partial charge in [0.2, 0.25) is 0 Å². The molecule has 0 aromatic heterocycles. The van der Waals surface area contributed by atoms with Crippen LogP contribution in [-0.2, 0) is 4.79 Å². The van der Waals surface area contributed by atoms with Crippen molar-refractivity contribution >= 4 is 17.4 Å². The lowest BCUT2D eigenvalue weighted by molar-refractivity contribution is -0.143. The van der Waals surface area contributed by atoms with Gasteiger partial charge < -0.3 is 15.6 Å². The van der Waals surface area contributed by atoms with Gasteiger partial charge in [-0.2, -0.15) is 0 Å². The molecular weight excluding hydrogens is 296 g/mol. The number of piperidine rings is 1. The quantitative estimate of drug-likeness (QED) is 0.615. The molecule has 0 spiro atoms. The molecule has 2 rings (SSSR count). The number of Topliss-reactive ketones (excluding diaryl/α,β-unsaturated/α-hetero) is 1. The molecule has 0 radical (unpaired) electrons. The SMILES string of the molecule is CCC(C(=O)c1ccc(OC)c(N)c1)N1CCC(C(=O)O)CC1. The fourth-order valence-electron chi connectivity index (χ4n) is 3.15. The van der Waals surface area contributed by atoms with E-state index < -0.39 is 5.97 Å². The standard InChI is InChI=1S/C17H24N2O4/c1-3-14(19-8-6-11(7-9-19)17(21)22)16(20)12-4-5-15(23-2)13(18)10-12/h4-5,10-11,14H,3,6-9,18H2,1-2H3,(H,21,22). The largest absolute Gasteiger partial charge is 0.495 e. The molecule has 1 atom stereocenters. The Labute approximate surface area is 136 Å². The van der Waals surface area contributed by atoms with Crippen molar-refractivity contribution in [3.05, 3.63) is 23.8 Å². The number of carbonyl (C=O) groups is 2. The number of ether oxygens (including phenoxy) is 1. The van der Waals surface area contributed by atoms with Gasteiger partial charge in [-0.25, -0.2) is 0 Å². The monoisotopic (exact) mass is 320 g/mol. The minimum absolute atomic E-state index is 0.0237. The Balaban J connectivity index is 2.10. The van der Waals surface area contributed by atoms with E-state index in [1.807, 2.05) is 6.92 Å². The van der Waals surface area contributed by atoms with Crippen molar-refractivity contribution in [3.8, 4) is 5.75 Å². The summed E-state index contributed by atoms with van der Waals surface area (Å²) in [6, 6.07) is 4.83. The molecule has 0 amide bonds. The number of carbonyl (C=O) groups excluding carboxylic acids is 1. The summed E-state index contributed by atoms with van der Waals surface area (Å²) in [5, 5.41) is 9.08. The maximum Gasteiger partial charge on any atom is 0.306 e. The lowest BCUT2D eigenvalue weighted by Crippen LogP contribution is -2.46. The summed E-state index contributed by atoms with van der Waals surface area (Å²) in [5.74, 6) is -0.463. The Morgan fingerprint density at radius 3 is 2.52 bits per heavy atom. The highest BCUT2D eigenvalue weighted by atomic mass is 16.5. The van der Waals surface area contributed by atoms with Crippen LogP contribution in [0, 0.1) is 5.92 Å². The second kappa shape index (κ2) is 7.46. The molecule has 3 N–H and O–H groups in total. The smallest absolute Gasteiger partial charge is 0.306 e. The molecule has 6 heteroatoms. The summed E-state index contributed by atoms with van der Waals surface area (Å²) < 4.78 is 5.11. The Bertz CT molecular complexity index is 580. The van der Waals surface area contributed by atoms with Crippen LogP contribution in [0.5, 0.6) is 5.75 Å². The Morgan fingerprint density at radius 2 is 2.04 bits per heavy atom. The molecular formula is C17H24N2O4. The van der Waals surface area contributed by atoms with E-state index in [-0.39, 0.29) is 17.7 Å². The second-order valence-electron chi connectivity index (χ2n) is 5.89. The van der Waals surface area contributed by atoms with Gasteiger partial charge in [0.25, 0.3) is 0 Å².